The number of aliphatic hydroxyl groups is 1. The van der Waals surface area contributed by atoms with E-state index in [-0.39, 0.29) is 0 Å². The van der Waals surface area contributed by atoms with Crippen molar-refractivity contribution in [2.45, 2.75) is 45.4 Å². The number of aliphatic hydroxyl groups excluding tert-OH is 1. The molecular weight excluding hydrogens is 148 g/mol. The van der Waals surface area contributed by atoms with Crippen LogP contribution in [0.4, 0.5) is 0 Å². The maximum Gasteiger partial charge on any atom is 0.0468 e. The van der Waals surface area contributed by atoms with Gasteiger partial charge in [0, 0.05) is 6.61 Å². The summed E-state index contributed by atoms with van der Waals surface area (Å²) >= 11 is 0. The fourth-order valence-corrected chi connectivity index (χ4v) is 1.96. The Kier molecular flexibility index (Phi) is 4.37. The van der Waals surface area contributed by atoms with Gasteiger partial charge in [-0.25, -0.2) is 0 Å². The van der Waals surface area contributed by atoms with Gasteiger partial charge in [-0.15, -0.1) is 0 Å². The Balaban J connectivity index is 2.31. The van der Waals surface area contributed by atoms with E-state index in [2.05, 4.69) is 13.0 Å². The van der Waals surface area contributed by atoms with Gasteiger partial charge < -0.3 is 5.11 Å². The second-order valence-corrected chi connectivity index (χ2v) is 3.88. The fourth-order valence-electron chi connectivity index (χ4n) is 1.96. The number of allylic oxidation sites excluding steroid dienone is 1. The third kappa shape index (κ3) is 3.40. The van der Waals surface area contributed by atoms with Gasteiger partial charge in [-0.1, -0.05) is 30.9 Å². The molecule has 0 heterocycles. The van der Waals surface area contributed by atoms with Crippen LogP contribution in [0.2, 0.25) is 0 Å². The summed E-state index contributed by atoms with van der Waals surface area (Å²) in [6, 6.07) is 0. The maximum atomic E-state index is 8.73. The minimum Gasteiger partial charge on any atom is -0.396 e. The monoisotopic (exact) mass is 168 g/mol. The molecule has 0 aliphatic heterocycles. The zero-order valence-corrected chi connectivity index (χ0v) is 8.05. The van der Waals surface area contributed by atoms with Crippen molar-refractivity contribution in [2.75, 3.05) is 6.61 Å². The first-order valence-corrected chi connectivity index (χ1v) is 5.11. The summed E-state index contributed by atoms with van der Waals surface area (Å²) in [7, 11) is 0. The van der Waals surface area contributed by atoms with E-state index in [0.717, 1.165) is 12.3 Å². The van der Waals surface area contributed by atoms with Gasteiger partial charge in [0.1, 0.15) is 0 Å². The summed E-state index contributed by atoms with van der Waals surface area (Å²) in [5.41, 5.74) is 1.37. The Labute approximate surface area is 75.5 Å². The third-order valence-electron chi connectivity index (χ3n) is 2.68. The summed E-state index contributed by atoms with van der Waals surface area (Å²) in [5.74, 6) is 0.810. The molecule has 1 N–H and O–H groups in total. The standard InChI is InChI=1S/C11H20O/c1-10(7-8-12)9-11-5-3-2-4-6-11/h9,11-12H,2-8H2,1H3. The molecule has 0 atom stereocenters. The van der Waals surface area contributed by atoms with Gasteiger partial charge in [-0.05, 0) is 32.1 Å². The van der Waals surface area contributed by atoms with Crippen molar-refractivity contribution in [2.24, 2.45) is 5.92 Å². The largest absolute Gasteiger partial charge is 0.396 e. The van der Waals surface area contributed by atoms with Crippen LogP contribution >= 0.6 is 0 Å². The lowest BCUT2D eigenvalue weighted by atomic mass is 9.88. The van der Waals surface area contributed by atoms with Gasteiger partial charge in [0.15, 0.2) is 0 Å². The molecule has 1 rings (SSSR count). The molecule has 0 bridgehead atoms. The molecule has 12 heavy (non-hydrogen) atoms. The quantitative estimate of drug-likeness (QED) is 0.642. The Bertz CT molecular complexity index is 143. The first-order valence-electron chi connectivity index (χ1n) is 5.11. The molecule has 0 spiro atoms. The molecule has 1 nitrogen and oxygen atoms in total. The van der Waals surface area contributed by atoms with Crippen LogP contribution < -0.4 is 0 Å². The van der Waals surface area contributed by atoms with Crippen LogP contribution in [-0.4, -0.2) is 11.7 Å². The Morgan fingerprint density at radius 2 is 2.00 bits per heavy atom. The summed E-state index contributed by atoms with van der Waals surface area (Å²) in [4.78, 5) is 0. The molecule has 0 aromatic rings. The average Bonchev–Trinajstić information content (AvgIpc) is 2.06. The second-order valence-electron chi connectivity index (χ2n) is 3.88. The molecular formula is C11H20O. The highest BCUT2D eigenvalue weighted by Gasteiger charge is 2.10. The average molecular weight is 168 g/mol. The molecule has 0 saturated heterocycles. The molecule has 70 valence electrons. The van der Waals surface area contributed by atoms with Crippen molar-refractivity contribution >= 4 is 0 Å². The molecule has 0 aromatic carbocycles. The molecule has 1 aliphatic carbocycles. The van der Waals surface area contributed by atoms with Crippen LogP contribution in [0.15, 0.2) is 11.6 Å². The normalized spacial score (nSPS) is 21.3. The van der Waals surface area contributed by atoms with Crippen molar-refractivity contribution < 1.29 is 5.11 Å². The summed E-state index contributed by atoms with van der Waals surface area (Å²) in [6.45, 7) is 2.43. The number of hydrogen-bond donors (Lipinski definition) is 1. The highest BCUT2D eigenvalue weighted by Crippen LogP contribution is 2.25. The molecule has 1 heteroatoms. The molecule has 0 unspecified atom stereocenters. The first-order chi connectivity index (χ1) is 5.83. The third-order valence-corrected chi connectivity index (χ3v) is 2.68. The van der Waals surface area contributed by atoms with E-state index in [1.807, 2.05) is 0 Å². The summed E-state index contributed by atoms with van der Waals surface area (Å²) in [5, 5.41) is 8.73. The number of rotatable bonds is 3. The van der Waals surface area contributed by atoms with Crippen molar-refractivity contribution in [3.05, 3.63) is 11.6 Å². The zero-order valence-electron chi connectivity index (χ0n) is 8.05. The Morgan fingerprint density at radius 1 is 1.33 bits per heavy atom. The van der Waals surface area contributed by atoms with Crippen LogP contribution in [0.5, 0.6) is 0 Å². The first kappa shape index (κ1) is 9.79. The second kappa shape index (κ2) is 5.36. The van der Waals surface area contributed by atoms with Crippen molar-refractivity contribution in [1.29, 1.82) is 0 Å². The van der Waals surface area contributed by atoms with E-state index < -0.39 is 0 Å². The Hall–Kier alpha value is -0.300. The number of hydrogen-bond acceptors (Lipinski definition) is 1. The van der Waals surface area contributed by atoms with Crippen molar-refractivity contribution in [3.8, 4) is 0 Å². The van der Waals surface area contributed by atoms with Crippen LogP contribution in [0.25, 0.3) is 0 Å². The molecule has 1 saturated carbocycles. The van der Waals surface area contributed by atoms with E-state index in [0.29, 0.717) is 6.61 Å². The highest BCUT2D eigenvalue weighted by atomic mass is 16.2. The molecule has 0 radical (unpaired) electrons. The molecule has 0 aromatic heterocycles. The lowest BCUT2D eigenvalue weighted by Crippen LogP contribution is -2.03. The topological polar surface area (TPSA) is 20.2 Å². The van der Waals surface area contributed by atoms with Gasteiger partial charge in [0.25, 0.3) is 0 Å². The van der Waals surface area contributed by atoms with Crippen molar-refractivity contribution in [3.63, 3.8) is 0 Å². The molecule has 1 aliphatic rings. The van der Waals surface area contributed by atoms with Gasteiger partial charge in [0.2, 0.25) is 0 Å². The van der Waals surface area contributed by atoms with E-state index >= 15 is 0 Å². The van der Waals surface area contributed by atoms with Gasteiger partial charge in [0.05, 0.1) is 0 Å². The smallest absolute Gasteiger partial charge is 0.0468 e. The fraction of sp³-hybridized carbons (Fsp3) is 0.818. The zero-order chi connectivity index (χ0) is 8.81. The van der Waals surface area contributed by atoms with Crippen molar-refractivity contribution in [1.82, 2.24) is 0 Å². The summed E-state index contributed by atoms with van der Waals surface area (Å²) in [6.07, 6.45) is 10.2. The molecule has 1 fully saturated rings. The minimum atomic E-state index is 0.301. The van der Waals surface area contributed by atoms with Crippen LogP contribution in [0.1, 0.15) is 45.4 Å². The van der Waals surface area contributed by atoms with Crippen LogP contribution in [-0.2, 0) is 0 Å². The lowest BCUT2D eigenvalue weighted by Gasteiger charge is -2.18. The lowest BCUT2D eigenvalue weighted by molar-refractivity contribution is 0.298. The van der Waals surface area contributed by atoms with E-state index in [1.54, 1.807) is 0 Å². The van der Waals surface area contributed by atoms with E-state index in [9.17, 15) is 0 Å². The van der Waals surface area contributed by atoms with Gasteiger partial charge >= 0.3 is 0 Å². The van der Waals surface area contributed by atoms with Gasteiger partial charge in [-0.2, -0.15) is 0 Å². The van der Waals surface area contributed by atoms with Crippen LogP contribution in [0.3, 0.4) is 0 Å². The van der Waals surface area contributed by atoms with Crippen LogP contribution in [0, 0.1) is 5.92 Å². The highest BCUT2D eigenvalue weighted by molar-refractivity contribution is 5.01. The summed E-state index contributed by atoms with van der Waals surface area (Å²) < 4.78 is 0. The predicted molar refractivity (Wildman–Crippen MR) is 52.0 cm³/mol. The van der Waals surface area contributed by atoms with Gasteiger partial charge in [-0.3, -0.25) is 0 Å². The molecule has 0 amide bonds. The predicted octanol–water partition coefficient (Wildman–Crippen LogP) is 2.90. The van der Waals surface area contributed by atoms with E-state index in [4.69, 9.17) is 5.11 Å². The Morgan fingerprint density at radius 3 is 2.58 bits per heavy atom. The van der Waals surface area contributed by atoms with E-state index in [1.165, 1.54) is 37.7 Å². The maximum absolute atomic E-state index is 8.73. The minimum absolute atomic E-state index is 0.301. The SMILES string of the molecule is CC(=CC1CCCCC1)CCO.